The Morgan fingerprint density at radius 1 is 1.12 bits per heavy atom. The van der Waals surface area contributed by atoms with Crippen molar-refractivity contribution < 1.29 is 9.47 Å². The van der Waals surface area contributed by atoms with Crippen molar-refractivity contribution in [2.75, 3.05) is 12.8 Å². The molecule has 2 N–H and O–H groups in total. The number of rotatable bonds is 3. The van der Waals surface area contributed by atoms with Crippen LogP contribution in [0.4, 0.5) is 5.69 Å². The summed E-state index contributed by atoms with van der Waals surface area (Å²) in [6.45, 7) is 1.82. The Kier molecular flexibility index (Phi) is 3.09. The number of nitrogens with two attached hydrogens (primary N) is 1. The molecule has 5 nitrogen and oxygen atoms in total. The quantitative estimate of drug-likeness (QED) is 0.820. The first-order chi connectivity index (χ1) is 8.19. The molecule has 2 aromatic rings. The Balaban J connectivity index is 2.21. The Hall–Kier alpha value is -2.30. The molecule has 1 heterocycles. The van der Waals surface area contributed by atoms with Crippen LogP contribution in [0.15, 0.2) is 30.6 Å². The molecule has 0 radical (unpaired) electrons. The van der Waals surface area contributed by atoms with Crippen LogP contribution >= 0.6 is 0 Å². The smallest absolute Gasteiger partial charge is 0.164 e. The first-order valence-corrected chi connectivity index (χ1v) is 5.09. The summed E-state index contributed by atoms with van der Waals surface area (Å²) < 4.78 is 10.7. The van der Waals surface area contributed by atoms with Crippen LogP contribution in [0, 0.1) is 6.92 Å². The molecule has 17 heavy (non-hydrogen) atoms. The number of hydrogen-bond donors (Lipinski definition) is 1. The zero-order chi connectivity index (χ0) is 12.3. The highest BCUT2D eigenvalue weighted by atomic mass is 16.5. The summed E-state index contributed by atoms with van der Waals surface area (Å²) in [6.07, 6.45) is 3.23. The van der Waals surface area contributed by atoms with Crippen molar-refractivity contribution in [1.29, 1.82) is 0 Å². The standard InChI is InChI=1S/C12H13N3O2/c1-8-14-6-10(7-15-8)17-9-3-4-11(13)12(5-9)16-2/h3-7H,13H2,1-2H3. The maximum Gasteiger partial charge on any atom is 0.164 e. The number of hydrogen-bond acceptors (Lipinski definition) is 5. The molecular formula is C12H13N3O2. The number of benzene rings is 1. The largest absolute Gasteiger partial charge is 0.494 e. The number of aryl methyl sites for hydroxylation is 1. The number of anilines is 1. The Labute approximate surface area is 99.2 Å². The number of nitrogens with zero attached hydrogens (tertiary/aromatic N) is 2. The van der Waals surface area contributed by atoms with Crippen LogP contribution in [0.5, 0.6) is 17.2 Å². The number of aromatic nitrogens is 2. The zero-order valence-corrected chi connectivity index (χ0v) is 9.68. The van der Waals surface area contributed by atoms with E-state index < -0.39 is 0 Å². The van der Waals surface area contributed by atoms with Crippen molar-refractivity contribution in [3.05, 3.63) is 36.4 Å². The lowest BCUT2D eigenvalue weighted by molar-refractivity contribution is 0.411. The molecule has 0 aliphatic heterocycles. The monoisotopic (exact) mass is 231 g/mol. The lowest BCUT2D eigenvalue weighted by Gasteiger charge is -2.08. The zero-order valence-electron chi connectivity index (χ0n) is 9.68. The summed E-state index contributed by atoms with van der Waals surface area (Å²) in [5.74, 6) is 2.48. The van der Waals surface area contributed by atoms with Gasteiger partial charge in [-0.1, -0.05) is 0 Å². The van der Waals surface area contributed by atoms with E-state index >= 15 is 0 Å². The van der Waals surface area contributed by atoms with Gasteiger partial charge in [0.2, 0.25) is 0 Å². The summed E-state index contributed by atoms with van der Waals surface area (Å²) in [6, 6.07) is 5.20. The fourth-order valence-corrected chi connectivity index (χ4v) is 1.32. The molecule has 5 heteroatoms. The fraction of sp³-hybridized carbons (Fsp3) is 0.167. The van der Waals surface area contributed by atoms with Gasteiger partial charge in [0.25, 0.3) is 0 Å². The van der Waals surface area contributed by atoms with Gasteiger partial charge in [-0.15, -0.1) is 0 Å². The minimum absolute atomic E-state index is 0.569. The van der Waals surface area contributed by atoms with Gasteiger partial charge < -0.3 is 15.2 Å². The minimum Gasteiger partial charge on any atom is -0.494 e. The van der Waals surface area contributed by atoms with Crippen molar-refractivity contribution in [2.45, 2.75) is 6.92 Å². The highest BCUT2D eigenvalue weighted by Gasteiger charge is 2.03. The van der Waals surface area contributed by atoms with Crippen LogP contribution in [-0.2, 0) is 0 Å². The van der Waals surface area contributed by atoms with E-state index in [9.17, 15) is 0 Å². The normalized spacial score (nSPS) is 10.0. The van der Waals surface area contributed by atoms with E-state index in [1.165, 1.54) is 0 Å². The third-order valence-electron chi connectivity index (χ3n) is 2.20. The van der Waals surface area contributed by atoms with E-state index in [1.54, 1.807) is 37.7 Å². The highest BCUT2D eigenvalue weighted by molar-refractivity contribution is 5.55. The van der Waals surface area contributed by atoms with Crippen LogP contribution in [0.2, 0.25) is 0 Å². The average molecular weight is 231 g/mol. The molecule has 0 saturated heterocycles. The predicted octanol–water partition coefficient (Wildman–Crippen LogP) is 2.17. The molecule has 0 amide bonds. The molecule has 1 aromatic heterocycles. The van der Waals surface area contributed by atoms with E-state index in [0.29, 0.717) is 28.8 Å². The number of ether oxygens (including phenoxy) is 2. The van der Waals surface area contributed by atoms with Crippen molar-refractivity contribution in [1.82, 2.24) is 9.97 Å². The Bertz CT molecular complexity index is 512. The number of methoxy groups -OCH3 is 1. The summed E-state index contributed by atoms with van der Waals surface area (Å²) in [7, 11) is 1.56. The molecule has 0 unspecified atom stereocenters. The molecule has 0 fully saturated rings. The van der Waals surface area contributed by atoms with E-state index in [0.717, 1.165) is 0 Å². The molecule has 0 saturated carbocycles. The van der Waals surface area contributed by atoms with Crippen molar-refractivity contribution >= 4 is 5.69 Å². The van der Waals surface area contributed by atoms with Crippen LogP contribution < -0.4 is 15.2 Å². The minimum atomic E-state index is 0.569. The van der Waals surface area contributed by atoms with Crippen molar-refractivity contribution in [3.8, 4) is 17.2 Å². The summed E-state index contributed by atoms with van der Waals surface area (Å²) >= 11 is 0. The highest BCUT2D eigenvalue weighted by Crippen LogP contribution is 2.29. The summed E-state index contributed by atoms with van der Waals surface area (Å²) in [4.78, 5) is 8.09. The van der Waals surface area contributed by atoms with Gasteiger partial charge in [0.05, 0.1) is 25.2 Å². The first-order valence-electron chi connectivity index (χ1n) is 5.09. The average Bonchev–Trinajstić information content (AvgIpc) is 2.34. The summed E-state index contributed by atoms with van der Waals surface area (Å²) in [5, 5.41) is 0. The summed E-state index contributed by atoms with van der Waals surface area (Å²) in [5.41, 5.74) is 6.28. The maximum absolute atomic E-state index is 5.71. The van der Waals surface area contributed by atoms with E-state index in [-0.39, 0.29) is 0 Å². The second kappa shape index (κ2) is 4.69. The van der Waals surface area contributed by atoms with Gasteiger partial charge in [-0.3, -0.25) is 0 Å². The van der Waals surface area contributed by atoms with E-state index in [2.05, 4.69) is 9.97 Å². The van der Waals surface area contributed by atoms with Crippen molar-refractivity contribution in [3.63, 3.8) is 0 Å². The molecule has 2 rings (SSSR count). The van der Waals surface area contributed by atoms with Gasteiger partial charge in [-0.25, -0.2) is 9.97 Å². The van der Waals surface area contributed by atoms with E-state index in [4.69, 9.17) is 15.2 Å². The third-order valence-corrected chi connectivity index (χ3v) is 2.20. The van der Waals surface area contributed by atoms with Crippen molar-refractivity contribution in [2.24, 2.45) is 0 Å². The molecule has 0 aliphatic carbocycles. The molecule has 1 aromatic carbocycles. The lowest BCUT2D eigenvalue weighted by Crippen LogP contribution is -1.94. The van der Waals surface area contributed by atoms with Gasteiger partial charge in [0.15, 0.2) is 5.75 Å². The third kappa shape index (κ3) is 2.63. The van der Waals surface area contributed by atoms with Gasteiger partial charge in [0, 0.05) is 6.07 Å². The van der Waals surface area contributed by atoms with Crippen LogP contribution in [0.1, 0.15) is 5.82 Å². The Morgan fingerprint density at radius 2 is 1.82 bits per heavy atom. The SMILES string of the molecule is COc1cc(Oc2cnc(C)nc2)ccc1N. The topological polar surface area (TPSA) is 70.3 Å². The molecular weight excluding hydrogens is 218 g/mol. The van der Waals surface area contributed by atoms with Gasteiger partial charge in [-0.05, 0) is 19.1 Å². The molecule has 0 atom stereocenters. The second-order valence-corrected chi connectivity index (χ2v) is 3.47. The van der Waals surface area contributed by atoms with Gasteiger partial charge in [-0.2, -0.15) is 0 Å². The number of nitrogen functional groups attached to an aromatic ring is 1. The van der Waals surface area contributed by atoms with Gasteiger partial charge in [0.1, 0.15) is 17.3 Å². The predicted molar refractivity (Wildman–Crippen MR) is 64.2 cm³/mol. The molecule has 0 aliphatic rings. The fourth-order valence-electron chi connectivity index (χ4n) is 1.32. The Morgan fingerprint density at radius 3 is 2.47 bits per heavy atom. The van der Waals surface area contributed by atoms with Gasteiger partial charge >= 0.3 is 0 Å². The van der Waals surface area contributed by atoms with E-state index in [1.807, 2.05) is 6.92 Å². The van der Waals surface area contributed by atoms with Crippen LogP contribution in [-0.4, -0.2) is 17.1 Å². The molecule has 0 spiro atoms. The van der Waals surface area contributed by atoms with Crippen LogP contribution in [0.25, 0.3) is 0 Å². The molecule has 0 bridgehead atoms. The maximum atomic E-state index is 5.71. The second-order valence-electron chi connectivity index (χ2n) is 3.47. The van der Waals surface area contributed by atoms with Crippen LogP contribution in [0.3, 0.4) is 0 Å². The first kappa shape index (κ1) is 11.2. The lowest BCUT2D eigenvalue weighted by atomic mass is 10.3. The molecule has 88 valence electrons.